The van der Waals surface area contributed by atoms with E-state index in [9.17, 15) is 4.79 Å². The van der Waals surface area contributed by atoms with Gasteiger partial charge in [0.05, 0.1) is 23.2 Å². The summed E-state index contributed by atoms with van der Waals surface area (Å²) in [4.78, 5) is 17.0. The summed E-state index contributed by atoms with van der Waals surface area (Å²) in [6.45, 7) is 1.46. The number of anilines is 2. The molecule has 1 amide bonds. The molecule has 1 aliphatic heterocycles. The van der Waals surface area contributed by atoms with Crippen molar-refractivity contribution in [1.29, 1.82) is 0 Å². The zero-order valence-corrected chi connectivity index (χ0v) is 16.7. The third-order valence-electron chi connectivity index (χ3n) is 4.69. The van der Waals surface area contributed by atoms with E-state index < -0.39 is 0 Å². The summed E-state index contributed by atoms with van der Waals surface area (Å²) in [5.74, 6) is -0.177. The van der Waals surface area contributed by atoms with Crippen LogP contribution >= 0.6 is 11.8 Å². The molecular weight excluding hydrogens is 380 g/mol. The maximum atomic E-state index is 12.4. The van der Waals surface area contributed by atoms with Gasteiger partial charge in [0.1, 0.15) is 0 Å². The highest BCUT2D eigenvalue weighted by molar-refractivity contribution is 8.14. The van der Waals surface area contributed by atoms with Gasteiger partial charge in [-0.25, -0.2) is 0 Å². The van der Waals surface area contributed by atoms with E-state index in [1.165, 1.54) is 5.56 Å². The first-order chi connectivity index (χ1) is 14.2. The van der Waals surface area contributed by atoms with E-state index in [1.807, 2.05) is 42.5 Å². The Morgan fingerprint density at radius 2 is 1.72 bits per heavy atom. The number of rotatable bonds is 5. The number of amides is 1. The SMILES string of the molecule is Nc1ccccc1NC(=O)c1ccc(CNC2=NC[C@@H](c3ccccc3)S2)cc1. The van der Waals surface area contributed by atoms with Crippen molar-refractivity contribution in [3.63, 3.8) is 0 Å². The van der Waals surface area contributed by atoms with Gasteiger partial charge in [0.25, 0.3) is 5.91 Å². The quantitative estimate of drug-likeness (QED) is 0.551. The first-order valence-electron chi connectivity index (χ1n) is 9.44. The maximum absolute atomic E-state index is 12.4. The van der Waals surface area contributed by atoms with Crippen molar-refractivity contribution in [2.75, 3.05) is 17.6 Å². The van der Waals surface area contributed by atoms with Gasteiger partial charge in [0.15, 0.2) is 5.17 Å². The Labute approximate surface area is 174 Å². The molecule has 1 atom stereocenters. The van der Waals surface area contributed by atoms with Crippen LogP contribution in [0.15, 0.2) is 83.9 Å². The van der Waals surface area contributed by atoms with E-state index in [0.29, 0.717) is 28.7 Å². The number of nitrogens with two attached hydrogens (primary N) is 1. The summed E-state index contributed by atoms with van der Waals surface area (Å²) in [7, 11) is 0. The normalized spacial score (nSPS) is 15.6. The summed E-state index contributed by atoms with van der Waals surface area (Å²) in [5, 5.41) is 7.56. The average Bonchev–Trinajstić information content (AvgIpc) is 3.24. The number of aliphatic imine (C=N–C) groups is 1. The number of hydrogen-bond acceptors (Lipinski definition) is 5. The lowest BCUT2D eigenvalue weighted by Crippen LogP contribution is -2.18. The molecule has 0 radical (unpaired) electrons. The van der Waals surface area contributed by atoms with Crippen molar-refractivity contribution in [3.05, 3.63) is 95.6 Å². The van der Waals surface area contributed by atoms with Crippen LogP contribution in [-0.4, -0.2) is 17.6 Å². The second-order valence-corrected chi connectivity index (χ2v) is 7.95. The van der Waals surface area contributed by atoms with Gasteiger partial charge in [-0.1, -0.05) is 66.4 Å². The van der Waals surface area contributed by atoms with Crippen LogP contribution < -0.4 is 16.4 Å². The van der Waals surface area contributed by atoms with Crippen molar-refractivity contribution in [1.82, 2.24) is 5.32 Å². The van der Waals surface area contributed by atoms with Crippen LogP contribution in [0.5, 0.6) is 0 Å². The largest absolute Gasteiger partial charge is 0.397 e. The zero-order valence-electron chi connectivity index (χ0n) is 15.8. The lowest BCUT2D eigenvalue weighted by Gasteiger charge is -2.10. The Hall–Kier alpha value is -3.25. The molecule has 146 valence electrons. The first-order valence-corrected chi connectivity index (χ1v) is 10.3. The minimum Gasteiger partial charge on any atom is -0.397 e. The molecule has 0 fully saturated rings. The molecule has 5 nitrogen and oxygen atoms in total. The molecule has 0 saturated heterocycles. The summed E-state index contributed by atoms with van der Waals surface area (Å²) < 4.78 is 0. The molecule has 6 heteroatoms. The zero-order chi connectivity index (χ0) is 20.1. The molecule has 1 aliphatic rings. The molecule has 4 rings (SSSR count). The van der Waals surface area contributed by atoms with Crippen molar-refractivity contribution >= 4 is 34.2 Å². The minimum atomic E-state index is -0.177. The third-order valence-corrected chi connectivity index (χ3v) is 5.90. The number of amidine groups is 1. The summed E-state index contributed by atoms with van der Waals surface area (Å²) in [6.07, 6.45) is 0. The molecule has 29 heavy (non-hydrogen) atoms. The van der Waals surface area contributed by atoms with Gasteiger partial charge in [0, 0.05) is 12.1 Å². The Morgan fingerprint density at radius 3 is 2.48 bits per heavy atom. The lowest BCUT2D eigenvalue weighted by molar-refractivity contribution is 0.102. The molecule has 4 N–H and O–H groups in total. The highest BCUT2D eigenvalue weighted by Crippen LogP contribution is 2.34. The number of nitrogen functional groups attached to an aromatic ring is 1. The van der Waals surface area contributed by atoms with Crippen molar-refractivity contribution in [2.24, 2.45) is 4.99 Å². The van der Waals surface area contributed by atoms with Gasteiger partial charge in [-0.05, 0) is 35.4 Å². The van der Waals surface area contributed by atoms with E-state index in [0.717, 1.165) is 17.3 Å². The topological polar surface area (TPSA) is 79.5 Å². The fourth-order valence-electron chi connectivity index (χ4n) is 3.07. The van der Waals surface area contributed by atoms with Gasteiger partial charge in [-0.15, -0.1) is 0 Å². The third kappa shape index (κ3) is 4.78. The lowest BCUT2D eigenvalue weighted by atomic mass is 10.1. The van der Waals surface area contributed by atoms with Crippen LogP contribution in [0.25, 0.3) is 0 Å². The monoisotopic (exact) mass is 402 g/mol. The minimum absolute atomic E-state index is 0.177. The molecule has 3 aromatic carbocycles. The van der Waals surface area contributed by atoms with Crippen LogP contribution in [-0.2, 0) is 6.54 Å². The van der Waals surface area contributed by atoms with Gasteiger partial charge in [-0.2, -0.15) is 0 Å². The highest BCUT2D eigenvalue weighted by Gasteiger charge is 2.20. The Morgan fingerprint density at radius 1 is 1.00 bits per heavy atom. The Kier molecular flexibility index (Phi) is 5.81. The maximum Gasteiger partial charge on any atom is 0.255 e. The fraction of sp³-hybridized carbons (Fsp3) is 0.130. The van der Waals surface area contributed by atoms with Crippen LogP contribution in [0.4, 0.5) is 11.4 Å². The van der Waals surface area contributed by atoms with E-state index >= 15 is 0 Å². The van der Waals surface area contributed by atoms with E-state index in [2.05, 4.69) is 39.9 Å². The molecule has 0 bridgehead atoms. The molecule has 0 saturated carbocycles. The van der Waals surface area contributed by atoms with Gasteiger partial charge in [-0.3, -0.25) is 9.79 Å². The molecule has 0 aromatic heterocycles. The molecular formula is C23H22N4OS. The molecule has 3 aromatic rings. The average molecular weight is 403 g/mol. The number of hydrogen-bond donors (Lipinski definition) is 3. The molecule has 1 heterocycles. The second-order valence-electron chi connectivity index (χ2n) is 6.75. The van der Waals surface area contributed by atoms with Gasteiger partial charge < -0.3 is 16.4 Å². The van der Waals surface area contributed by atoms with Crippen molar-refractivity contribution in [3.8, 4) is 0 Å². The smallest absolute Gasteiger partial charge is 0.255 e. The summed E-state index contributed by atoms with van der Waals surface area (Å²) >= 11 is 1.76. The number of benzene rings is 3. The molecule has 0 unspecified atom stereocenters. The summed E-state index contributed by atoms with van der Waals surface area (Å²) in [6, 6.07) is 25.2. The van der Waals surface area contributed by atoms with E-state index in [-0.39, 0.29) is 5.91 Å². The standard InChI is InChI=1S/C23H22N4OS/c24-19-8-4-5-9-20(19)27-22(28)18-12-10-16(11-13-18)14-25-23-26-15-21(29-23)17-6-2-1-3-7-17/h1-13,21H,14-15,24H2,(H,25,26)(H,27,28)/t21-/m0/s1. The number of thioether (sulfide) groups is 1. The van der Waals surface area contributed by atoms with Crippen LogP contribution in [0.3, 0.4) is 0 Å². The number of para-hydroxylation sites is 2. The fourth-order valence-corrected chi connectivity index (χ4v) is 4.09. The Bertz CT molecular complexity index is 1020. The molecule has 0 aliphatic carbocycles. The number of carbonyl (C=O) groups is 1. The van der Waals surface area contributed by atoms with Crippen molar-refractivity contribution in [2.45, 2.75) is 11.8 Å². The number of nitrogens with one attached hydrogen (secondary N) is 2. The first kappa shape index (κ1) is 19.1. The second kappa shape index (κ2) is 8.84. The van der Waals surface area contributed by atoms with Crippen LogP contribution in [0.1, 0.15) is 26.7 Å². The van der Waals surface area contributed by atoms with Gasteiger partial charge >= 0.3 is 0 Å². The Balaban J connectivity index is 1.30. The van der Waals surface area contributed by atoms with E-state index in [1.54, 1.807) is 23.9 Å². The highest BCUT2D eigenvalue weighted by atomic mass is 32.2. The van der Waals surface area contributed by atoms with Gasteiger partial charge in [0.2, 0.25) is 0 Å². The van der Waals surface area contributed by atoms with Crippen LogP contribution in [0.2, 0.25) is 0 Å². The van der Waals surface area contributed by atoms with Crippen molar-refractivity contribution < 1.29 is 4.79 Å². The summed E-state index contributed by atoms with van der Waals surface area (Å²) in [5.41, 5.74) is 10.0. The molecule has 0 spiro atoms. The van der Waals surface area contributed by atoms with Crippen LogP contribution in [0, 0.1) is 0 Å². The number of carbonyl (C=O) groups excluding carboxylic acids is 1. The predicted molar refractivity (Wildman–Crippen MR) is 121 cm³/mol. The van der Waals surface area contributed by atoms with E-state index in [4.69, 9.17) is 5.73 Å². The number of nitrogens with zero attached hydrogens (tertiary/aromatic N) is 1. The predicted octanol–water partition coefficient (Wildman–Crippen LogP) is 4.45.